The standard InChI is InChI=1S/C24H32F3NO2P2/c1-14-10-19(24(25,26)27)12-20(11-14)28-23(30)22(32-17(4)8-9-18(32)5)21(13-29)31-15(2)6-7-16(31)3/h10-13,15-18H,6-9H2,1-5H3,(H,28,30)/b22-21-. The lowest BCUT2D eigenvalue weighted by Crippen LogP contribution is -2.20. The monoisotopic (exact) mass is 485 g/mol. The third kappa shape index (κ3) is 5.28. The van der Waals surface area contributed by atoms with Gasteiger partial charge in [0.1, 0.15) is 0 Å². The number of aldehydes is 1. The van der Waals surface area contributed by atoms with E-state index in [0.717, 1.165) is 44.1 Å². The second-order valence-electron chi connectivity index (χ2n) is 9.26. The van der Waals surface area contributed by atoms with Gasteiger partial charge in [0.15, 0.2) is 6.29 Å². The zero-order chi connectivity index (χ0) is 23.8. The second kappa shape index (κ2) is 9.94. The van der Waals surface area contributed by atoms with Crippen LogP contribution in [0.2, 0.25) is 0 Å². The lowest BCUT2D eigenvalue weighted by molar-refractivity contribution is -0.137. The fourth-order valence-electron chi connectivity index (χ4n) is 5.12. The van der Waals surface area contributed by atoms with E-state index in [1.165, 1.54) is 0 Å². The minimum Gasteiger partial charge on any atom is -0.322 e. The first kappa shape index (κ1) is 25.4. The molecule has 1 aromatic rings. The predicted octanol–water partition coefficient (Wildman–Crippen LogP) is 7.47. The summed E-state index contributed by atoms with van der Waals surface area (Å²) in [5.74, 6) is -0.397. The van der Waals surface area contributed by atoms with Gasteiger partial charge in [0.05, 0.1) is 10.9 Å². The lowest BCUT2D eigenvalue weighted by atomic mass is 10.1. The van der Waals surface area contributed by atoms with Crippen LogP contribution in [-0.4, -0.2) is 34.8 Å². The number of allylic oxidation sites excluding steroid dienone is 1. The van der Waals surface area contributed by atoms with E-state index in [9.17, 15) is 22.8 Å². The molecule has 0 aromatic heterocycles. The van der Waals surface area contributed by atoms with E-state index in [1.54, 1.807) is 13.0 Å². The molecule has 0 saturated carbocycles. The number of carbonyl (C=O) groups is 2. The van der Waals surface area contributed by atoms with Gasteiger partial charge in [-0.3, -0.25) is 9.59 Å². The molecule has 176 valence electrons. The molecular weight excluding hydrogens is 453 g/mol. The van der Waals surface area contributed by atoms with Gasteiger partial charge in [-0.2, -0.15) is 13.2 Å². The summed E-state index contributed by atoms with van der Waals surface area (Å²) in [4.78, 5) is 26.1. The molecule has 2 heterocycles. The topological polar surface area (TPSA) is 46.2 Å². The molecule has 3 rings (SSSR count). The van der Waals surface area contributed by atoms with E-state index in [4.69, 9.17) is 0 Å². The first-order chi connectivity index (χ1) is 14.9. The minimum absolute atomic E-state index is 0.125. The number of carbonyl (C=O) groups excluding carboxylic acids is 2. The number of benzene rings is 1. The molecule has 0 spiro atoms. The van der Waals surface area contributed by atoms with Crippen LogP contribution in [0.1, 0.15) is 64.5 Å². The van der Waals surface area contributed by atoms with E-state index < -0.39 is 33.5 Å². The number of alkyl halides is 3. The second-order valence-corrected chi connectivity index (χ2v) is 15.3. The average molecular weight is 485 g/mol. The SMILES string of the molecule is Cc1cc(NC(=O)/C(=C(\C=O)P2C(C)CCC2C)P2C(C)CCC2C)cc(C(F)(F)F)c1. The van der Waals surface area contributed by atoms with Crippen LogP contribution < -0.4 is 5.32 Å². The maximum atomic E-state index is 13.7. The number of hydrogen-bond acceptors (Lipinski definition) is 2. The Morgan fingerprint density at radius 2 is 1.44 bits per heavy atom. The van der Waals surface area contributed by atoms with Gasteiger partial charge in [0.2, 0.25) is 0 Å². The molecule has 2 saturated heterocycles. The first-order valence-corrected chi connectivity index (χ1v) is 14.2. The highest BCUT2D eigenvalue weighted by molar-refractivity contribution is 7.69. The van der Waals surface area contributed by atoms with E-state index in [0.29, 0.717) is 38.8 Å². The summed E-state index contributed by atoms with van der Waals surface area (Å²) in [5.41, 5.74) is 1.10. The van der Waals surface area contributed by atoms with Gasteiger partial charge in [0, 0.05) is 11.0 Å². The highest BCUT2D eigenvalue weighted by Crippen LogP contribution is 2.68. The van der Waals surface area contributed by atoms with E-state index in [-0.39, 0.29) is 5.69 Å². The fraction of sp³-hybridized carbons (Fsp3) is 0.583. The zero-order valence-electron chi connectivity index (χ0n) is 19.3. The van der Waals surface area contributed by atoms with Crippen molar-refractivity contribution in [3.63, 3.8) is 0 Å². The third-order valence-electron chi connectivity index (χ3n) is 6.67. The van der Waals surface area contributed by atoms with Gasteiger partial charge in [-0.05, 0) is 79.0 Å². The van der Waals surface area contributed by atoms with Crippen molar-refractivity contribution in [2.75, 3.05) is 5.32 Å². The van der Waals surface area contributed by atoms with Crippen molar-refractivity contribution in [3.05, 3.63) is 40.0 Å². The highest BCUT2D eigenvalue weighted by Gasteiger charge is 2.42. The van der Waals surface area contributed by atoms with Crippen molar-refractivity contribution in [1.29, 1.82) is 0 Å². The Hall–Kier alpha value is -1.25. The van der Waals surface area contributed by atoms with E-state index in [1.807, 2.05) is 0 Å². The summed E-state index contributed by atoms with van der Waals surface area (Å²) >= 11 is 0. The molecule has 3 nitrogen and oxygen atoms in total. The Kier molecular flexibility index (Phi) is 7.88. The Bertz CT molecular complexity index is 895. The van der Waals surface area contributed by atoms with Crippen LogP contribution in [0.15, 0.2) is 28.8 Å². The number of hydrogen-bond donors (Lipinski definition) is 1. The van der Waals surface area contributed by atoms with Gasteiger partial charge in [-0.25, -0.2) is 0 Å². The van der Waals surface area contributed by atoms with Crippen LogP contribution in [0, 0.1) is 6.92 Å². The summed E-state index contributed by atoms with van der Waals surface area (Å²) in [5, 5.41) is 3.97. The molecule has 32 heavy (non-hydrogen) atoms. The Labute approximate surface area is 191 Å². The number of rotatable bonds is 5. The third-order valence-corrected chi connectivity index (χ3v) is 13.5. The molecule has 2 aliphatic rings. The molecule has 8 heteroatoms. The quantitative estimate of drug-likeness (QED) is 0.267. The van der Waals surface area contributed by atoms with Gasteiger partial charge in [-0.1, -0.05) is 43.5 Å². The van der Waals surface area contributed by atoms with Gasteiger partial charge >= 0.3 is 6.18 Å². The van der Waals surface area contributed by atoms with Crippen molar-refractivity contribution in [1.82, 2.24) is 0 Å². The average Bonchev–Trinajstić information content (AvgIpc) is 3.20. The van der Waals surface area contributed by atoms with Crippen LogP contribution in [0.4, 0.5) is 18.9 Å². The smallest absolute Gasteiger partial charge is 0.322 e. The molecule has 4 atom stereocenters. The van der Waals surface area contributed by atoms with Crippen LogP contribution >= 0.6 is 15.8 Å². The van der Waals surface area contributed by atoms with Crippen LogP contribution in [0.3, 0.4) is 0 Å². The van der Waals surface area contributed by atoms with E-state index >= 15 is 0 Å². The van der Waals surface area contributed by atoms with Crippen molar-refractivity contribution in [2.24, 2.45) is 0 Å². The van der Waals surface area contributed by atoms with Gasteiger partial charge < -0.3 is 5.32 Å². The molecular formula is C24H32F3NO2P2. The Balaban J connectivity index is 2.07. The summed E-state index contributed by atoms with van der Waals surface area (Å²) in [7, 11) is -1.65. The highest BCUT2D eigenvalue weighted by atomic mass is 31.1. The number of halogens is 3. The molecule has 0 radical (unpaired) electrons. The largest absolute Gasteiger partial charge is 0.416 e. The maximum absolute atomic E-state index is 13.7. The van der Waals surface area contributed by atoms with Crippen molar-refractivity contribution in [2.45, 2.75) is 89.1 Å². The Morgan fingerprint density at radius 1 is 0.938 bits per heavy atom. The van der Waals surface area contributed by atoms with Gasteiger partial charge in [0.25, 0.3) is 5.91 Å². The summed E-state index contributed by atoms with van der Waals surface area (Å²) in [6.45, 7) is 10.1. The van der Waals surface area contributed by atoms with Crippen LogP contribution in [0.25, 0.3) is 0 Å². The van der Waals surface area contributed by atoms with E-state index in [2.05, 4.69) is 33.0 Å². The lowest BCUT2D eigenvalue weighted by Gasteiger charge is -2.30. The van der Waals surface area contributed by atoms with Crippen molar-refractivity contribution >= 4 is 33.7 Å². The molecule has 0 aliphatic carbocycles. The summed E-state index contributed by atoms with van der Waals surface area (Å²) in [6, 6.07) is 3.59. The summed E-state index contributed by atoms with van der Waals surface area (Å²) < 4.78 is 39.9. The molecule has 1 amide bonds. The normalized spacial score (nSPS) is 31.4. The van der Waals surface area contributed by atoms with Crippen molar-refractivity contribution < 1.29 is 22.8 Å². The minimum atomic E-state index is -4.49. The first-order valence-electron chi connectivity index (χ1n) is 11.2. The van der Waals surface area contributed by atoms with Crippen LogP contribution in [-0.2, 0) is 15.8 Å². The van der Waals surface area contributed by atoms with Gasteiger partial charge in [-0.15, -0.1) is 0 Å². The number of nitrogens with one attached hydrogen (secondary N) is 1. The summed E-state index contributed by atoms with van der Waals surface area (Å²) in [6.07, 6.45) is 0.470. The molecule has 0 bridgehead atoms. The fourth-order valence-corrected chi connectivity index (χ4v) is 12.2. The van der Waals surface area contributed by atoms with Crippen LogP contribution in [0.5, 0.6) is 0 Å². The number of anilines is 1. The van der Waals surface area contributed by atoms with Crippen molar-refractivity contribution in [3.8, 4) is 0 Å². The number of amides is 1. The maximum Gasteiger partial charge on any atom is 0.416 e. The Morgan fingerprint density at radius 3 is 1.91 bits per heavy atom. The molecule has 4 unspecified atom stereocenters. The molecule has 1 N–H and O–H groups in total. The number of aryl methyl sites for hydroxylation is 1. The zero-order valence-corrected chi connectivity index (χ0v) is 21.1. The molecule has 2 aliphatic heterocycles. The molecule has 1 aromatic carbocycles. The predicted molar refractivity (Wildman–Crippen MR) is 128 cm³/mol. The molecule has 2 fully saturated rings.